The lowest BCUT2D eigenvalue weighted by molar-refractivity contribution is 0.0953. The number of anilines is 1. The van der Waals surface area contributed by atoms with Crippen LogP contribution in [0.15, 0.2) is 83.5 Å². The van der Waals surface area contributed by atoms with Crippen molar-refractivity contribution in [3.05, 3.63) is 90.4 Å². The third-order valence-corrected chi connectivity index (χ3v) is 4.30. The second-order valence-corrected chi connectivity index (χ2v) is 6.64. The number of hydrogen-bond donors (Lipinski definition) is 2. The second kappa shape index (κ2) is 8.53. The van der Waals surface area contributed by atoms with Crippen LogP contribution in [0.3, 0.4) is 0 Å². The number of rotatable bonds is 5. The van der Waals surface area contributed by atoms with Gasteiger partial charge in [-0.3, -0.25) is 15.1 Å². The smallest absolute Gasteiger partial charge is 0.293 e. The average Bonchev–Trinajstić information content (AvgIpc) is 3.18. The Morgan fingerprint density at radius 1 is 1.07 bits per heavy atom. The third kappa shape index (κ3) is 4.77. The Morgan fingerprint density at radius 2 is 1.97 bits per heavy atom. The zero-order valence-electron chi connectivity index (χ0n) is 15.3. The van der Waals surface area contributed by atoms with Crippen molar-refractivity contribution in [3.63, 3.8) is 0 Å². The standard InChI is InChI=1S/C22H17N3O3S/c26-21(20-11-16-6-1-2-9-19(16)28-20)25-22(29)24-17-7-3-8-18(12-17)27-14-15-5-4-10-23-13-15/h1-13H,14H2,(H2,24,25,26,29). The number of ether oxygens (including phenoxy) is 1. The SMILES string of the molecule is O=C(NC(=S)Nc1cccc(OCc2cccnc2)c1)c1cc2ccccc2o1. The maximum Gasteiger partial charge on any atom is 0.293 e. The number of amides is 1. The average molecular weight is 403 g/mol. The minimum atomic E-state index is -0.414. The van der Waals surface area contributed by atoms with E-state index in [9.17, 15) is 4.79 Å². The molecule has 2 heterocycles. The van der Waals surface area contributed by atoms with Gasteiger partial charge in [0, 0.05) is 35.1 Å². The summed E-state index contributed by atoms with van der Waals surface area (Å²) < 4.78 is 11.3. The van der Waals surface area contributed by atoms with Gasteiger partial charge < -0.3 is 14.5 Å². The molecule has 0 aliphatic carbocycles. The number of nitrogens with zero attached hydrogens (tertiary/aromatic N) is 1. The van der Waals surface area contributed by atoms with Crippen molar-refractivity contribution >= 4 is 39.9 Å². The van der Waals surface area contributed by atoms with Crippen molar-refractivity contribution < 1.29 is 13.9 Å². The number of carbonyl (C=O) groups excluding carboxylic acids is 1. The van der Waals surface area contributed by atoms with Crippen LogP contribution in [0.5, 0.6) is 5.75 Å². The molecule has 4 rings (SSSR count). The van der Waals surface area contributed by atoms with Crippen molar-refractivity contribution in [2.24, 2.45) is 0 Å². The first-order chi connectivity index (χ1) is 14.2. The summed E-state index contributed by atoms with van der Waals surface area (Å²) in [5.41, 5.74) is 2.32. The molecule has 2 N–H and O–H groups in total. The number of fused-ring (bicyclic) bond motifs is 1. The Kier molecular flexibility index (Phi) is 5.49. The van der Waals surface area contributed by atoms with Gasteiger partial charge in [-0.2, -0.15) is 0 Å². The minimum Gasteiger partial charge on any atom is -0.489 e. The summed E-state index contributed by atoms with van der Waals surface area (Å²) in [5.74, 6) is 0.455. The van der Waals surface area contributed by atoms with E-state index in [4.69, 9.17) is 21.4 Å². The molecule has 0 bridgehead atoms. The minimum absolute atomic E-state index is 0.167. The summed E-state index contributed by atoms with van der Waals surface area (Å²) in [4.78, 5) is 16.4. The molecule has 7 heteroatoms. The molecule has 144 valence electrons. The summed E-state index contributed by atoms with van der Waals surface area (Å²) in [6.45, 7) is 0.407. The molecule has 0 unspecified atom stereocenters. The van der Waals surface area contributed by atoms with E-state index in [2.05, 4.69) is 15.6 Å². The van der Waals surface area contributed by atoms with Gasteiger partial charge >= 0.3 is 0 Å². The fourth-order valence-electron chi connectivity index (χ4n) is 2.73. The molecule has 2 aromatic carbocycles. The monoisotopic (exact) mass is 403 g/mol. The van der Waals surface area contributed by atoms with Crippen LogP contribution in [-0.4, -0.2) is 16.0 Å². The predicted molar refractivity (Wildman–Crippen MR) is 115 cm³/mol. The highest BCUT2D eigenvalue weighted by atomic mass is 32.1. The van der Waals surface area contributed by atoms with E-state index < -0.39 is 5.91 Å². The van der Waals surface area contributed by atoms with E-state index in [0.717, 1.165) is 10.9 Å². The molecule has 0 fully saturated rings. The van der Waals surface area contributed by atoms with E-state index in [1.165, 1.54) is 0 Å². The van der Waals surface area contributed by atoms with Crippen LogP contribution in [0.1, 0.15) is 16.1 Å². The quantitative estimate of drug-likeness (QED) is 0.477. The Balaban J connectivity index is 1.36. The number of hydrogen-bond acceptors (Lipinski definition) is 5. The molecule has 1 amide bonds. The number of thiocarbonyl (C=S) groups is 1. The van der Waals surface area contributed by atoms with Crippen molar-refractivity contribution in [2.75, 3.05) is 5.32 Å². The van der Waals surface area contributed by atoms with E-state index >= 15 is 0 Å². The Morgan fingerprint density at radius 3 is 2.79 bits per heavy atom. The highest BCUT2D eigenvalue weighted by Gasteiger charge is 2.13. The third-order valence-electron chi connectivity index (χ3n) is 4.10. The van der Waals surface area contributed by atoms with Crippen LogP contribution < -0.4 is 15.4 Å². The fraction of sp³-hybridized carbons (Fsp3) is 0.0455. The molecule has 0 aliphatic rings. The number of furan rings is 1. The number of benzene rings is 2. The number of para-hydroxylation sites is 1. The topological polar surface area (TPSA) is 76.4 Å². The first kappa shape index (κ1) is 18.6. The Labute approximate surface area is 172 Å². The molecule has 2 aromatic heterocycles. The molecule has 0 aliphatic heterocycles. The van der Waals surface area contributed by atoms with Crippen LogP contribution in [-0.2, 0) is 6.61 Å². The fourth-order valence-corrected chi connectivity index (χ4v) is 2.95. The molecule has 0 saturated heterocycles. The largest absolute Gasteiger partial charge is 0.489 e. The van der Waals surface area contributed by atoms with Crippen molar-refractivity contribution in [1.82, 2.24) is 10.3 Å². The van der Waals surface area contributed by atoms with E-state index in [0.29, 0.717) is 23.6 Å². The van der Waals surface area contributed by atoms with Gasteiger partial charge in [-0.25, -0.2) is 0 Å². The molecule has 0 atom stereocenters. The normalized spacial score (nSPS) is 10.5. The summed E-state index contributed by atoms with van der Waals surface area (Å²) in [5, 5.41) is 6.62. The number of aromatic nitrogens is 1. The van der Waals surface area contributed by atoms with Gasteiger partial charge in [0.1, 0.15) is 17.9 Å². The predicted octanol–water partition coefficient (Wildman–Crippen LogP) is 4.53. The summed E-state index contributed by atoms with van der Waals surface area (Å²) in [6, 6.07) is 20.2. The molecule has 4 aromatic rings. The second-order valence-electron chi connectivity index (χ2n) is 6.23. The van der Waals surface area contributed by atoms with Crippen LogP contribution in [0, 0.1) is 0 Å². The molecular weight excluding hydrogens is 386 g/mol. The van der Waals surface area contributed by atoms with Gasteiger partial charge in [-0.1, -0.05) is 30.3 Å². The molecular formula is C22H17N3O3S. The zero-order chi connectivity index (χ0) is 20.1. The Hall–Kier alpha value is -3.71. The lowest BCUT2D eigenvalue weighted by atomic mass is 10.2. The van der Waals surface area contributed by atoms with Gasteiger partial charge in [-0.15, -0.1) is 0 Å². The number of carbonyl (C=O) groups is 1. The van der Waals surface area contributed by atoms with Crippen LogP contribution >= 0.6 is 12.2 Å². The summed E-state index contributed by atoms with van der Waals surface area (Å²) >= 11 is 5.24. The van der Waals surface area contributed by atoms with E-state index in [1.807, 2.05) is 48.5 Å². The first-order valence-electron chi connectivity index (χ1n) is 8.90. The van der Waals surface area contributed by atoms with Crippen LogP contribution in [0.4, 0.5) is 5.69 Å². The lowest BCUT2D eigenvalue weighted by Gasteiger charge is -2.11. The maximum absolute atomic E-state index is 12.4. The maximum atomic E-state index is 12.4. The Bertz CT molecular complexity index is 1130. The van der Waals surface area contributed by atoms with Crippen molar-refractivity contribution in [1.29, 1.82) is 0 Å². The molecule has 29 heavy (non-hydrogen) atoms. The van der Waals surface area contributed by atoms with Gasteiger partial charge in [-0.05, 0) is 42.5 Å². The summed E-state index contributed by atoms with van der Waals surface area (Å²) in [6.07, 6.45) is 3.47. The zero-order valence-corrected chi connectivity index (χ0v) is 16.1. The molecule has 0 radical (unpaired) electrons. The van der Waals surface area contributed by atoms with E-state index in [-0.39, 0.29) is 10.9 Å². The molecule has 6 nitrogen and oxygen atoms in total. The molecule has 0 saturated carbocycles. The van der Waals surface area contributed by atoms with Gasteiger partial charge in [0.2, 0.25) is 0 Å². The molecule has 0 spiro atoms. The van der Waals surface area contributed by atoms with Crippen LogP contribution in [0.2, 0.25) is 0 Å². The number of pyridine rings is 1. The van der Waals surface area contributed by atoms with Crippen molar-refractivity contribution in [3.8, 4) is 5.75 Å². The van der Waals surface area contributed by atoms with Gasteiger partial charge in [0.15, 0.2) is 10.9 Å². The van der Waals surface area contributed by atoms with Gasteiger partial charge in [0.05, 0.1) is 0 Å². The first-order valence-corrected chi connectivity index (χ1v) is 9.31. The van der Waals surface area contributed by atoms with E-state index in [1.54, 1.807) is 30.6 Å². The summed E-state index contributed by atoms with van der Waals surface area (Å²) in [7, 11) is 0. The van der Waals surface area contributed by atoms with Crippen LogP contribution in [0.25, 0.3) is 11.0 Å². The lowest BCUT2D eigenvalue weighted by Crippen LogP contribution is -2.33. The number of nitrogens with one attached hydrogen (secondary N) is 2. The highest BCUT2D eigenvalue weighted by molar-refractivity contribution is 7.80. The van der Waals surface area contributed by atoms with Gasteiger partial charge in [0.25, 0.3) is 5.91 Å². The highest BCUT2D eigenvalue weighted by Crippen LogP contribution is 2.20. The van der Waals surface area contributed by atoms with Crippen molar-refractivity contribution in [2.45, 2.75) is 6.61 Å².